The maximum atomic E-state index is 13.0. The van der Waals surface area contributed by atoms with Gasteiger partial charge in [-0.25, -0.2) is 4.39 Å². The highest BCUT2D eigenvalue weighted by molar-refractivity contribution is 5.84. The van der Waals surface area contributed by atoms with Crippen molar-refractivity contribution in [3.8, 4) is 0 Å². The first-order valence-electron chi connectivity index (χ1n) is 7.40. The molecule has 1 unspecified atom stereocenters. The number of fused-ring (bicyclic) bond motifs is 1. The Morgan fingerprint density at radius 2 is 1.67 bits per heavy atom. The van der Waals surface area contributed by atoms with Crippen LogP contribution in [0.25, 0.3) is 10.8 Å². The highest BCUT2D eigenvalue weighted by Gasteiger charge is 2.39. The van der Waals surface area contributed by atoms with Gasteiger partial charge in [0.05, 0.1) is 17.8 Å². The van der Waals surface area contributed by atoms with Crippen LogP contribution in [0.1, 0.15) is 29.7 Å². The number of benzene rings is 2. The van der Waals surface area contributed by atoms with Crippen LogP contribution in [-0.4, -0.2) is 16.4 Å². The summed E-state index contributed by atoms with van der Waals surface area (Å²) >= 11 is 0. The van der Waals surface area contributed by atoms with E-state index in [1.165, 1.54) is 18.3 Å². The van der Waals surface area contributed by atoms with Gasteiger partial charge in [0.2, 0.25) is 0 Å². The number of nitrogens with zero attached hydrogens (tertiary/aromatic N) is 2. The zero-order valence-electron chi connectivity index (χ0n) is 12.8. The molecule has 0 aliphatic rings. The third kappa shape index (κ3) is 3.37. The molecular formula is C18H14F4N2. The Bertz CT molecular complexity index is 857. The van der Waals surface area contributed by atoms with E-state index >= 15 is 0 Å². The predicted octanol–water partition coefficient (Wildman–Crippen LogP) is 5.03. The summed E-state index contributed by atoms with van der Waals surface area (Å²) in [7, 11) is 0. The molecule has 0 aliphatic carbocycles. The van der Waals surface area contributed by atoms with Gasteiger partial charge in [-0.3, -0.25) is 0 Å². The van der Waals surface area contributed by atoms with Crippen LogP contribution in [0.2, 0.25) is 0 Å². The lowest BCUT2D eigenvalue weighted by Crippen LogP contribution is -2.19. The van der Waals surface area contributed by atoms with Crippen LogP contribution in [0.5, 0.6) is 0 Å². The Hall–Kier alpha value is -2.50. The molecule has 124 valence electrons. The topological polar surface area (TPSA) is 25.8 Å². The van der Waals surface area contributed by atoms with E-state index in [0.717, 1.165) is 18.1 Å². The van der Waals surface area contributed by atoms with Gasteiger partial charge in [-0.15, -0.1) is 0 Å². The van der Waals surface area contributed by atoms with Crippen LogP contribution in [0.4, 0.5) is 17.6 Å². The van der Waals surface area contributed by atoms with Crippen LogP contribution >= 0.6 is 0 Å². The van der Waals surface area contributed by atoms with Crippen LogP contribution in [0.15, 0.2) is 48.7 Å². The van der Waals surface area contributed by atoms with Crippen molar-refractivity contribution in [2.45, 2.75) is 25.4 Å². The summed E-state index contributed by atoms with van der Waals surface area (Å²) in [5.74, 6) is -1.99. The Kier molecular flexibility index (Phi) is 4.22. The van der Waals surface area contributed by atoms with Gasteiger partial charge < -0.3 is 0 Å². The molecule has 0 fully saturated rings. The molecule has 0 aliphatic heterocycles. The van der Waals surface area contributed by atoms with Gasteiger partial charge in [0.15, 0.2) is 0 Å². The monoisotopic (exact) mass is 334 g/mol. The molecular weight excluding hydrogens is 320 g/mol. The summed E-state index contributed by atoms with van der Waals surface area (Å²) < 4.78 is 51.8. The number of alkyl halides is 3. The largest absolute Gasteiger partial charge is 0.397 e. The number of rotatable bonds is 3. The normalized spacial score (nSPS) is 13.2. The summed E-state index contributed by atoms with van der Waals surface area (Å²) in [5.41, 5.74) is 1.75. The number of hydrogen-bond acceptors (Lipinski definition) is 2. The summed E-state index contributed by atoms with van der Waals surface area (Å²) in [6, 6.07) is 11.3. The third-order valence-electron chi connectivity index (χ3n) is 3.98. The fraction of sp³-hybridized carbons (Fsp3) is 0.222. The third-order valence-corrected chi connectivity index (χ3v) is 3.98. The van der Waals surface area contributed by atoms with E-state index in [1.807, 2.05) is 0 Å². The molecule has 6 heteroatoms. The highest BCUT2D eigenvalue weighted by atomic mass is 19.4. The van der Waals surface area contributed by atoms with Gasteiger partial charge in [0.25, 0.3) is 0 Å². The average Bonchev–Trinajstić information content (AvgIpc) is 2.55. The molecule has 0 saturated carbocycles. The maximum absolute atomic E-state index is 13.0. The van der Waals surface area contributed by atoms with E-state index in [1.54, 1.807) is 30.3 Å². The van der Waals surface area contributed by atoms with Gasteiger partial charge in [-0.2, -0.15) is 23.4 Å². The quantitative estimate of drug-likeness (QED) is 0.628. The Balaban J connectivity index is 1.96. The van der Waals surface area contributed by atoms with Crippen LogP contribution in [0, 0.1) is 5.82 Å². The molecule has 2 aromatic carbocycles. The molecule has 1 heterocycles. The van der Waals surface area contributed by atoms with E-state index in [4.69, 9.17) is 0 Å². The number of hydrogen-bond donors (Lipinski definition) is 0. The van der Waals surface area contributed by atoms with Crippen molar-refractivity contribution >= 4 is 10.8 Å². The molecule has 0 spiro atoms. The van der Waals surface area contributed by atoms with Crippen molar-refractivity contribution in [3.63, 3.8) is 0 Å². The van der Waals surface area contributed by atoms with Crippen molar-refractivity contribution in [2.75, 3.05) is 0 Å². The van der Waals surface area contributed by atoms with Gasteiger partial charge in [-0.1, -0.05) is 24.3 Å². The van der Waals surface area contributed by atoms with Crippen LogP contribution < -0.4 is 0 Å². The van der Waals surface area contributed by atoms with Crippen molar-refractivity contribution in [1.29, 1.82) is 0 Å². The van der Waals surface area contributed by atoms with E-state index in [-0.39, 0.29) is 11.5 Å². The lowest BCUT2D eigenvalue weighted by atomic mass is 9.98. The smallest absolute Gasteiger partial charge is 0.207 e. The second kappa shape index (κ2) is 6.19. The zero-order valence-corrected chi connectivity index (χ0v) is 12.8. The van der Waals surface area contributed by atoms with E-state index in [2.05, 4.69) is 10.2 Å². The first kappa shape index (κ1) is 16.4. The molecule has 3 rings (SSSR count). The lowest BCUT2D eigenvalue weighted by Gasteiger charge is -2.16. The summed E-state index contributed by atoms with van der Waals surface area (Å²) in [6.07, 6.45) is -2.35. The fourth-order valence-corrected chi connectivity index (χ4v) is 2.58. The van der Waals surface area contributed by atoms with Crippen LogP contribution in [-0.2, 0) is 6.42 Å². The minimum absolute atomic E-state index is 0.0756. The van der Waals surface area contributed by atoms with Crippen molar-refractivity contribution in [2.24, 2.45) is 0 Å². The zero-order chi connectivity index (χ0) is 17.3. The van der Waals surface area contributed by atoms with Crippen molar-refractivity contribution < 1.29 is 17.6 Å². The number of halogens is 4. The van der Waals surface area contributed by atoms with E-state index in [0.29, 0.717) is 17.2 Å². The Labute approximate surface area is 136 Å². The first-order chi connectivity index (χ1) is 11.3. The minimum atomic E-state index is -4.37. The van der Waals surface area contributed by atoms with Gasteiger partial charge >= 0.3 is 6.18 Å². The fourth-order valence-electron chi connectivity index (χ4n) is 2.58. The standard InChI is InChI=1S/C18H14F4N2/c1-11(18(20,21)22)17-16-7-4-13(9-14(16)10-23-24-17)8-12-2-5-15(19)6-3-12/h2-7,9-11H,8H2,1H3. The molecule has 0 radical (unpaired) electrons. The van der Waals surface area contributed by atoms with Crippen molar-refractivity contribution in [1.82, 2.24) is 10.2 Å². The minimum Gasteiger partial charge on any atom is -0.207 e. The second-order valence-corrected chi connectivity index (χ2v) is 5.72. The maximum Gasteiger partial charge on any atom is 0.397 e. The second-order valence-electron chi connectivity index (χ2n) is 5.72. The lowest BCUT2D eigenvalue weighted by molar-refractivity contribution is -0.146. The Morgan fingerprint density at radius 3 is 2.33 bits per heavy atom. The highest BCUT2D eigenvalue weighted by Crippen LogP contribution is 2.36. The van der Waals surface area contributed by atoms with Crippen molar-refractivity contribution in [3.05, 3.63) is 71.3 Å². The van der Waals surface area contributed by atoms with Gasteiger partial charge in [-0.05, 0) is 42.7 Å². The SMILES string of the molecule is CC(c1nncc2cc(Cc3ccc(F)cc3)ccc12)C(F)(F)F. The predicted molar refractivity (Wildman–Crippen MR) is 83.2 cm³/mol. The molecule has 0 N–H and O–H groups in total. The van der Waals surface area contributed by atoms with Gasteiger partial charge in [0, 0.05) is 10.8 Å². The molecule has 1 aromatic heterocycles. The molecule has 0 amide bonds. The summed E-state index contributed by atoms with van der Waals surface area (Å²) in [5, 5.41) is 8.44. The Morgan fingerprint density at radius 1 is 1.00 bits per heavy atom. The molecule has 0 saturated heterocycles. The van der Waals surface area contributed by atoms with E-state index in [9.17, 15) is 17.6 Å². The molecule has 3 aromatic rings. The van der Waals surface area contributed by atoms with Gasteiger partial charge in [0.1, 0.15) is 5.82 Å². The average molecular weight is 334 g/mol. The van der Waals surface area contributed by atoms with E-state index < -0.39 is 12.1 Å². The molecule has 2 nitrogen and oxygen atoms in total. The van der Waals surface area contributed by atoms with Crippen LogP contribution in [0.3, 0.4) is 0 Å². The summed E-state index contributed by atoms with van der Waals surface area (Å²) in [4.78, 5) is 0. The number of aromatic nitrogens is 2. The molecule has 24 heavy (non-hydrogen) atoms. The molecule has 1 atom stereocenters. The first-order valence-corrected chi connectivity index (χ1v) is 7.40. The summed E-state index contributed by atoms with van der Waals surface area (Å²) in [6.45, 7) is 1.08. The molecule has 0 bridgehead atoms.